The number of aryl methyl sites for hydroxylation is 4. The maximum absolute atomic E-state index is 6.25. The first-order valence-electron chi connectivity index (χ1n) is 32.1. The topological polar surface area (TPSA) is 110 Å². The van der Waals surface area contributed by atoms with Gasteiger partial charge in [0.05, 0.1) is 18.9 Å². The van der Waals surface area contributed by atoms with E-state index in [4.69, 9.17) is 13.3 Å². The molecule has 0 fully saturated rings. The number of anilines is 2. The molecule has 2 atom stereocenters. The number of furan rings is 3. The first-order valence-corrected chi connectivity index (χ1v) is 32.1. The lowest BCUT2D eigenvalue weighted by Gasteiger charge is -2.44. The van der Waals surface area contributed by atoms with Crippen LogP contribution in [0.5, 0.6) is 0 Å². The lowest BCUT2D eigenvalue weighted by molar-refractivity contribution is -0.657. The van der Waals surface area contributed by atoms with Crippen LogP contribution >= 0.6 is 0 Å². The largest absolute Gasteiger partial charge is 0.439 e. The van der Waals surface area contributed by atoms with Gasteiger partial charge in [-0.15, -0.1) is 0 Å². The van der Waals surface area contributed by atoms with Gasteiger partial charge < -0.3 is 32.9 Å². The molecular weight excluding hydrogens is 1130 g/mol. The molecule has 0 unspecified atom stereocenters. The highest BCUT2D eigenvalue weighted by molar-refractivity contribution is 6.79. The molecule has 3 aromatic carbocycles. The van der Waals surface area contributed by atoms with E-state index in [0.29, 0.717) is 23.7 Å². The number of pyridine rings is 3. The smallest absolute Gasteiger partial charge is 0.378 e. The Labute approximate surface area is 536 Å². The van der Waals surface area contributed by atoms with Crippen LogP contribution in [-0.4, -0.2) is 84.2 Å². The summed E-state index contributed by atoms with van der Waals surface area (Å²) in [6.07, 6.45) is 19.8. The lowest BCUT2D eigenvalue weighted by atomic mass is 9.54. The van der Waals surface area contributed by atoms with Gasteiger partial charge in [-0.1, -0.05) is 89.9 Å². The zero-order valence-corrected chi connectivity index (χ0v) is 55.7. The number of rotatable bonds is 8. The third-order valence-electron chi connectivity index (χ3n) is 18.9. The standard InChI is InChI=1S/C34H38BN4O.C22H23BN4O.C17H21BN4O/c1-21(2)28-19-26(25-12-10-9-11-13-25)20-29(22(3)4)32(28)38-17-16-37(8)34(38)39-24(6)18-30-31(35(39)7)27-15-14-23(5)36-33(27)40-30;1-15-10-11-19-21-20(28-22(19)24-15)14-16(2)27(23(21)4)26-13-12-25(17(26)3)18-8-6-5-7-9-18;1-11-6-7-14-16-15(23-17(14)19-11)10-12(2)22(18(16)4)21-9-8-20(5)13(21)3/h9-22H,1-8H3;5-14,17H,1-4H3;6-10,13H,1-5H3/q+1;;/t;17-;13-/m.00/s1. The number of para-hydroxylation sites is 1. The molecule has 10 aromatic rings. The number of imidazole rings is 1. The monoisotopic (exact) mass is 1210 g/mol. The first kappa shape index (κ1) is 60.4. The van der Waals surface area contributed by atoms with Crippen LogP contribution in [0.2, 0.25) is 20.5 Å². The number of benzene rings is 3. The summed E-state index contributed by atoms with van der Waals surface area (Å²) in [5.74, 6) is 4.59. The Bertz CT molecular complexity index is 4570. The van der Waals surface area contributed by atoms with Crippen molar-refractivity contribution >= 4 is 100 Å². The lowest BCUT2D eigenvalue weighted by Crippen LogP contribution is -2.57. The molecule has 0 aliphatic carbocycles. The summed E-state index contributed by atoms with van der Waals surface area (Å²) in [5.41, 5.74) is 19.8. The zero-order valence-electron chi connectivity index (χ0n) is 55.7. The van der Waals surface area contributed by atoms with Crippen molar-refractivity contribution in [3.05, 3.63) is 209 Å². The van der Waals surface area contributed by atoms with Crippen LogP contribution in [0.15, 0.2) is 177 Å². The van der Waals surface area contributed by atoms with Gasteiger partial charge in [-0.3, -0.25) is 14.8 Å². The van der Waals surface area contributed by atoms with Gasteiger partial charge in [-0.2, -0.15) is 0 Å². The second-order valence-corrected chi connectivity index (χ2v) is 25.8. The van der Waals surface area contributed by atoms with Gasteiger partial charge in [0.25, 0.3) is 0 Å². The average molecular weight is 1210 g/mol. The average Bonchev–Trinajstić information content (AvgIpc) is 1.64. The van der Waals surface area contributed by atoms with E-state index in [1.54, 1.807) is 0 Å². The van der Waals surface area contributed by atoms with Crippen LogP contribution in [0.1, 0.15) is 120 Å². The Morgan fingerprint density at radius 1 is 0.505 bits per heavy atom. The highest BCUT2D eigenvalue weighted by atomic mass is 16.4. The number of nitrogens with zero attached hydrogens (tertiary/aromatic N) is 12. The normalized spacial score (nSPS) is 16.9. The molecule has 18 heteroatoms. The van der Waals surface area contributed by atoms with E-state index in [9.17, 15) is 0 Å². The summed E-state index contributed by atoms with van der Waals surface area (Å²) < 4.78 is 23.0. The number of hydrogen-bond acceptors (Lipinski definition) is 13. The second-order valence-electron chi connectivity index (χ2n) is 25.8. The molecule has 91 heavy (non-hydrogen) atoms. The quantitative estimate of drug-likeness (QED) is 0.106. The fraction of sp³-hybridized carbons (Fsp3) is 0.288. The first-order chi connectivity index (χ1) is 43.7. The number of hydrazine groups is 2. The Morgan fingerprint density at radius 3 is 1.41 bits per heavy atom. The van der Waals surface area contributed by atoms with E-state index in [-0.39, 0.29) is 26.7 Å². The highest BCUT2D eigenvalue weighted by Crippen LogP contribution is 2.40. The number of fused-ring (bicyclic) bond motifs is 9. The van der Waals surface area contributed by atoms with Gasteiger partial charge in [-0.25, -0.2) is 24.1 Å². The number of hydrogen-bond donors (Lipinski definition) is 0. The van der Waals surface area contributed by atoms with Crippen molar-refractivity contribution in [1.82, 2.24) is 44.3 Å². The number of allylic oxidation sites excluding steroid dienone is 3. The fourth-order valence-corrected chi connectivity index (χ4v) is 14.2. The van der Waals surface area contributed by atoms with Gasteiger partial charge in [-0.05, 0) is 169 Å². The molecule has 460 valence electrons. The molecule has 0 radical (unpaired) electrons. The van der Waals surface area contributed by atoms with Crippen LogP contribution in [0.3, 0.4) is 0 Å². The minimum Gasteiger partial charge on any atom is -0.439 e. The van der Waals surface area contributed by atoms with E-state index in [1.165, 1.54) is 55.7 Å². The highest BCUT2D eigenvalue weighted by Gasteiger charge is 2.43. The maximum Gasteiger partial charge on any atom is 0.378 e. The van der Waals surface area contributed by atoms with Crippen LogP contribution in [0, 0.1) is 20.8 Å². The molecule has 7 aromatic heterocycles. The SMILES string of the molecule is CB1c2c(oc3nc(C)ccc23)C=C(C)N1N1C=CN(C)[C@@H]1C.CB1c2c(oc3nc(C)ccc23)C=C(C)N1N1C=CN(c2ccccc2)[C@@H]1C.CB1c2c(oc3nc(C)ccc23)C=C(C)N1c1n(-c2c(C(C)C)cc(-c3ccccc3)cc2C(C)C)cc[n+]1C. The van der Waals surface area contributed by atoms with Gasteiger partial charge in [0.2, 0.25) is 17.1 Å². The summed E-state index contributed by atoms with van der Waals surface area (Å²) in [7, 11) is 4.24. The van der Waals surface area contributed by atoms with Gasteiger partial charge in [0.1, 0.15) is 41.5 Å². The van der Waals surface area contributed by atoms with E-state index in [1.807, 2.05) is 32.9 Å². The van der Waals surface area contributed by atoms with Crippen LogP contribution in [-0.2, 0) is 7.05 Å². The van der Waals surface area contributed by atoms with Crippen molar-refractivity contribution in [2.75, 3.05) is 16.8 Å². The summed E-state index contributed by atoms with van der Waals surface area (Å²) in [6.45, 7) is 33.2. The fourth-order valence-electron chi connectivity index (χ4n) is 14.2. The molecule has 0 saturated heterocycles. The van der Waals surface area contributed by atoms with Crippen molar-refractivity contribution in [2.45, 2.75) is 128 Å². The Hall–Kier alpha value is -9.57. The van der Waals surface area contributed by atoms with Crippen LogP contribution < -0.4 is 30.7 Å². The third kappa shape index (κ3) is 10.6. The van der Waals surface area contributed by atoms with Crippen molar-refractivity contribution in [3.8, 4) is 16.8 Å². The van der Waals surface area contributed by atoms with E-state index < -0.39 is 0 Å². The zero-order chi connectivity index (χ0) is 64.0. The number of aromatic nitrogens is 5. The molecule has 0 bridgehead atoms. The Kier molecular flexibility index (Phi) is 15.7. The molecule has 12 heterocycles. The van der Waals surface area contributed by atoms with E-state index in [2.05, 4.69) is 308 Å². The summed E-state index contributed by atoms with van der Waals surface area (Å²) in [6, 6.07) is 38.6. The minimum atomic E-state index is 0.0687. The van der Waals surface area contributed by atoms with E-state index in [0.717, 1.165) is 79.3 Å². The van der Waals surface area contributed by atoms with Gasteiger partial charge in [0.15, 0.2) is 0 Å². The molecule has 0 N–H and O–H groups in total. The maximum atomic E-state index is 6.25. The molecule has 0 amide bonds. The molecule has 5 aliphatic rings. The molecule has 0 spiro atoms. The van der Waals surface area contributed by atoms with Crippen molar-refractivity contribution in [1.29, 1.82) is 0 Å². The van der Waals surface area contributed by atoms with Gasteiger partial charge in [0, 0.05) is 105 Å². The summed E-state index contributed by atoms with van der Waals surface area (Å²) in [4.78, 5) is 25.4. The molecular formula is C73H82B3N12O3+. The Balaban J connectivity index is 0.000000130. The Morgan fingerprint density at radius 2 is 0.945 bits per heavy atom. The molecule has 5 aliphatic heterocycles. The third-order valence-corrected chi connectivity index (χ3v) is 18.9. The van der Waals surface area contributed by atoms with Crippen LogP contribution in [0.25, 0.3) is 68.3 Å². The van der Waals surface area contributed by atoms with Crippen molar-refractivity contribution in [2.24, 2.45) is 7.05 Å². The summed E-state index contributed by atoms with van der Waals surface area (Å²) in [5, 5.41) is 7.86. The predicted molar refractivity (Wildman–Crippen MR) is 375 cm³/mol. The predicted octanol–water partition coefficient (Wildman–Crippen LogP) is 14.2. The summed E-state index contributed by atoms with van der Waals surface area (Å²) >= 11 is 0. The van der Waals surface area contributed by atoms with Gasteiger partial charge >= 0.3 is 26.5 Å². The minimum absolute atomic E-state index is 0.0687. The van der Waals surface area contributed by atoms with Crippen molar-refractivity contribution < 1.29 is 17.8 Å². The molecule has 0 saturated carbocycles. The van der Waals surface area contributed by atoms with E-state index >= 15 is 0 Å². The van der Waals surface area contributed by atoms with Crippen LogP contribution in [0.4, 0.5) is 11.6 Å². The molecule has 15 rings (SSSR count). The second kappa shape index (κ2) is 23.7. The molecule has 15 nitrogen and oxygen atoms in total. The van der Waals surface area contributed by atoms with Crippen molar-refractivity contribution in [3.63, 3.8) is 0 Å².